The first-order chi connectivity index (χ1) is 6.89. The number of carbonyl (C=O) groups excluding carboxylic acids is 1. The van der Waals surface area contributed by atoms with Crippen LogP contribution in [-0.2, 0) is 4.74 Å². The summed E-state index contributed by atoms with van der Waals surface area (Å²) in [6, 6.07) is -0.266. The van der Waals surface area contributed by atoms with Crippen LogP contribution < -0.4 is 5.32 Å². The number of rotatable bonds is 5. The zero-order chi connectivity index (χ0) is 11.9. The number of nitrogens with one attached hydrogen (secondary N) is 1. The topological polar surface area (TPSA) is 58.6 Å². The van der Waals surface area contributed by atoms with Gasteiger partial charge in [-0.15, -0.1) is 6.58 Å². The van der Waals surface area contributed by atoms with E-state index in [-0.39, 0.29) is 12.6 Å². The van der Waals surface area contributed by atoms with Crippen molar-refractivity contribution in [3.8, 4) is 0 Å². The molecule has 0 aromatic rings. The summed E-state index contributed by atoms with van der Waals surface area (Å²) in [6.45, 7) is 8.88. The van der Waals surface area contributed by atoms with E-state index in [1.54, 1.807) is 26.8 Å². The standard InChI is InChI=1S/C11H21NO3/c1-5-6-7-9(8-13)12-10(14)15-11(2,3)4/h5,9,13H,1,6-8H2,2-4H3,(H,12,14). The lowest BCUT2D eigenvalue weighted by molar-refractivity contribution is 0.0479. The summed E-state index contributed by atoms with van der Waals surface area (Å²) in [5.74, 6) is 0. The third kappa shape index (κ3) is 8.00. The number of aliphatic hydroxyl groups is 1. The van der Waals surface area contributed by atoms with Gasteiger partial charge in [0.1, 0.15) is 5.60 Å². The summed E-state index contributed by atoms with van der Waals surface area (Å²) in [5.41, 5.74) is -0.511. The number of aliphatic hydroxyl groups excluding tert-OH is 1. The number of carbonyl (C=O) groups is 1. The van der Waals surface area contributed by atoms with Crippen LogP contribution in [0.5, 0.6) is 0 Å². The molecule has 0 spiro atoms. The van der Waals surface area contributed by atoms with Gasteiger partial charge < -0.3 is 15.2 Å². The minimum atomic E-state index is -0.511. The lowest BCUT2D eigenvalue weighted by atomic mass is 10.1. The number of amides is 1. The average molecular weight is 215 g/mol. The van der Waals surface area contributed by atoms with Crippen molar-refractivity contribution in [1.82, 2.24) is 5.32 Å². The van der Waals surface area contributed by atoms with E-state index in [1.165, 1.54) is 0 Å². The summed E-state index contributed by atoms with van der Waals surface area (Å²) >= 11 is 0. The zero-order valence-electron chi connectivity index (χ0n) is 9.75. The van der Waals surface area contributed by atoms with Gasteiger partial charge in [-0.1, -0.05) is 6.08 Å². The van der Waals surface area contributed by atoms with Crippen molar-refractivity contribution >= 4 is 6.09 Å². The molecule has 1 amide bonds. The van der Waals surface area contributed by atoms with Crippen molar-refractivity contribution in [1.29, 1.82) is 0 Å². The van der Waals surface area contributed by atoms with Crippen LogP contribution in [0.3, 0.4) is 0 Å². The number of hydrogen-bond donors (Lipinski definition) is 2. The number of ether oxygens (including phenoxy) is 1. The normalized spacial score (nSPS) is 13.1. The summed E-state index contributed by atoms with van der Waals surface area (Å²) in [6.07, 6.45) is 2.67. The van der Waals surface area contributed by atoms with Gasteiger partial charge in [0.2, 0.25) is 0 Å². The molecular formula is C11H21NO3. The predicted molar refractivity (Wildman–Crippen MR) is 59.7 cm³/mol. The molecule has 0 rings (SSSR count). The van der Waals surface area contributed by atoms with Crippen LogP contribution in [-0.4, -0.2) is 29.4 Å². The summed E-state index contributed by atoms with van der Waals surface area (Å²) in [7, 11) is 0. The molecule has 15 heavy (non-hydrogen) atoms. The lowest BCUT2D eigenvalue weighted by Crippen LogP contribution is -2.40. The molecule has 0 aromatic heterocycles. The molecule has 2 N–H and O–H groups in total. The maximum Gasteiger partial charge on any atom is 0.407 e. The Bertz CT molecular complexity index is 208. The van der Waals surface area contributed by atoms with Crippen molar-refractivity contribution in [3.63, 3.8) is 0 Å². The van der Waals surface area contributed by atoms with E-state index in [9.17, 15) is 4.79 Å². The molecule has 1 unspecified atom stereocenters. The molecule has 88 valence electrons. The van der Waals surface area contributed by atoms with E-state index >= 15 is 0 Å². The monoisotopic (exact) mass is 215 g/mol. The van der Waals surface area contributed by atoms with E-state index in [1.807, 2.05) is 0 Å². The van der Waals surface area contributed by atoms with Gasteiger partial charge in [-0.2, -0.15) is 0 Å². The van der Waals surface area contributed by atoms with Gasteiger partial charge in [0.25, 0.3) is 0 Å². The predicted octanol–water partition coefficient (Wildman–Crippen LogP) is 1.84. The van der Waals surface area contributed by atoms with E-state index in [0.29, 0.717) is 6.42 Å². The van der Waals surface area contributed by atoms with Gasteiger partial charge in [0, 0.05) is 0 Å². The van der Waals surface area contributed by atoms with Crippen molar-refractivity contribution in [3.05, 3.63) is 12.7 Å². The molecular weight excluding hydrogens is 194 g/mol. The van der Waals surface area contributed by atoms with Crippen LogP contribution in [0.2, 0.25) is 0 Å². The van der Waals surface area contributed by atoms with E-state index < -0.39 is 11.7 Å². The minimum absolute atomic E-state index is 0.0902. The van der Waals surface area contributed by atoms with Crippen molar-refractivity contribution in [2.24, 2.45) is 0 Å². The molecule has 0 aliphatic carbocycles. The Morgan fingerprint density at radius 2 is 2.20 bits per heavy atom. The van der Waals surface area contributed by atoms with E-state index in [4.69, 9.17) is 9.84 Å². The number of allylic oxidation sites excluding steroid dienone is 1. The van der Waals surface area contributed by atoms with E-state index in [2.05, 4.69) is 11.9 Å². The average Bonchev–Trinajstić information content (AvgIpc) is 2.09. The van der Waals surface area contributed by atoms with Crippen LogP contribution in [0.15, 0.2) is 12.7 Å². The van der Waals surface area contributed by atoms with Gasteiger partial charge >= 0.3 is 6.09 Å². The minimum Gasteiger partial charge on any atom is -0.444 e. The maximum atomic E-state index is 11.3. The van der Waals surface area contributed by atoms with E-state index in [0.717, 1.165) is 6.42 Å². The SMILES string of the molecule is C=CCCC(CO)NC(=O)OC(C)(C)C. The smallest absolute Gasteiger partial charge is 0.407 e. The van der Waals surface area contributed by atoms with Gasteiger partial charge in [0.15, 0.2) is 0 Å². The third-order valence-corrected chi connectivity index (χ3v) is 1.66. The molecule has 1 atom stereocenters. The van der Waals surface area contributed by atoms with Crippen LogP contribution in [0.1, 0.15) is 33.6 Å². The summed E-state index contributed by atoms with van der Waals surface area (Å²) < 4.78 is 5.06. The molecule has 0 saturated carbocycles. The number of hydrogen-bond acceptors (Lipinski definition) is 3. The van der Waals surface area contributed by atoms with Crippen molar-refractivity contribution in [2.75, 3.05) is 6.61 Å². The van der Waals surface area contributed by atoms with Gasteiger partial charge in [-0.05, 0) is 33.6 Å². The molecule has 4 nitrogen and oxygen atoms in total. The molecule has 0 aliphatic rings. The fraction of sp³-hybridized carbons (Fsp3) is 0.727. The molecule has 0 bridgehead atoms. The molecule has 0 aromatic carbocycles. The number of alkyl carbamates (subject to hydrolysis) is 1. The third-order valence-electron chi connectivity index (χ3n) is 1.66. The van der Waals surface area contributed by atoms with Crippen molar-refractivity contribution < 1.29 is 14.6 Å². The fourth-order valence-electron chi connectivity index (χ4n) is 1.00. The highest BCUT2D eigenvalue weighted by Crippen LogP contribution is 2.07. The largest absolute Gasteiger partial charge is 0.444 e. The van der Waals surface area contributed by atoms with Gasteiger partial charge in [-0.3, -0.25) is 0 Å². The van der Waals surface area contributed by atoms with Gasteiger partial charge in [0.05, 0.1) is 12.6 Å². The summed E-state index contributed by atoms with van der Waals surface area (Å²) in [4.78, 5) is 11.3. The Morgan fingerprint density at radius 1 is 1.60 bits per heavy atom. The van der Waals surface area contributed by atoms with Crippen LogP contribution in [0.25, 0.3) is 0 Å². The Balaban J connectivity index is 3.95. The first kappa shape index (κ1) is 14.0. The molecule has 4 heteroatoms. The first-order valence-electron chi connectivity index (χ1n) is 5.10. The second-order valence-corrected chi connectivity index (χ2v) is 4.39. The zero-order valence-corrected chi connectivity index (χ0v) is 9.75. The summed E-state index contributed by atoms with van der Waals surface area (Å²) in [5, 5.41) is 11.6. The highest BCUT2D eigenvalue weighted by atomic mass is 16.6. The highest BCUT2D eigenvalue weighted by molar-refractivity contribution is 5.68. The van der Waals surface area contributed by atoms with Crippen molar-refractivity contribution in [2.45, 2.75) is 45.3 Å². The van der Waals surface area contributed by atoms with Crippen LogP contribution >= 0.6 is 0 Å². The molecule has 0 fully saturated rings. The Hall–Kier alpha value is -1.03. The quantitative estimate of drug-likeness (QED) is 0.688. The molecule has 0 saturated heterocycles. The van der Waals surface area contributed by atoms with Crippen LogP contribution in [0.4, 0.5) is 4.79 Å². The molecule has 0 heterocycles. The molecule has 0 radical (unpaired) electrons. The molecule has 0 aliphatic heterocycles. The Labute approximate surface area is 91.3 Å². The Kier molecular flexibility index (Phi) is 6.01. The second kappa shape index (κ2) is 6.45. The first-order valence-corrected chi connectivity index (χ1v) is 5.10. The fourth-order valence-corrected chi connectivity index (χ4v) is 1.00. The van der Waals surface area contributed by atoms with Gasteiger partial charge in [-0.25, -0.2) is 4.79 Å². The van der Waals surface area contributed by atoms with Crippen LogP contribution in [0, 0.1) is 0 Å². The lowest BCUT2D eigenvalue weighted by Gasteiger charge is -2.22. The highest BCUT2D eigenvalue weighted by Gasteiger charge is 2.18. The second-order valence-electron chi connectivity index (χ2n) is 4.39. The Morgan fingerprint density at radius 3 is 2.60 bits per heavy atom. The maximum absolute atomic E-state index is 11.3.